The molecular weight excluding hydrogens is 372 g/mol. The molecule has 1 aromatic heterocycles. The molecule has 0 spiro atoms. The van der Waals surface area contributed by atoms with Gasteiger partial charge < -0.3 is 25.0 Å². The van der Waals surface area contributed by atoms with Crippen molar-refractivity contribution >= 4 is 23.3 Å². The fraction of sp³-hybridized carbons (Fsp3) is 0.381. The number of hydrogen-bond acceptors (Lipinski definition) is 6. The lowest BCUT2D eigenvalue weighted by Crippen LogP contribution is -2.42. The number of carbonyl (C=O) groups is 2. The number of rotatable bonds is 6. The van der Waals surface area contributed by atoms with Gasteiger partial charge in [-0.05, 0) is 43.0 Å². The number of amides is 2. The van der Waals surface area contributed by atoms with Crippen molar-refractivity contribution in [3.8, 4) is 11.5 Å². The number of hydrogen-bond donors (Lipinski definition) is 2. The third-order valence-corrected chi connectivity index (χ3v) is 5.00. The number of carbonyl (C=O) groups excluding carboxylic acids is 2. The number of pyridine rings is 1. The first kappa shape index (κ1) is 20.4. The zero-order valence-electron chi connectivity index (χ0n) is 16.7. The van der Waals surface area contributed by atoms with Crippen LogP contribution in [0.25, 0.3) is 0 Å². The molecule has 8 nitrogen and oxygen atoms in total. The summed E-state index contributed by atoms with van der Waals surface area (Å²) in [6, 6.07) is 10.8. The van der Waals surface area contributed by atoms with E-state index in [2.05, 4.69) is 20.5 Å². The minimum Gasteiger partial charge on any atom is -0.497 e. The fourth-order valence-electron chi connectivity index (χ4n) is 3.31. The molecule has 3 rings (SSSR count). The van der Waals surface area contributed by atoms with E-state index in [1.54, 1.807) is 31.5 Å². The highest BCUT2D eigenvalue weighted by Gasteiger charge is 2.22. The molecule has 2 heterocycles. The predicted molar refractivity (Wildman–Crippen MR) is 110 cm³/mol. The van der Waals surface area contributed by atoms with E-state index in [1.807, 2.05) is 18.2 Å². The molecule has 0 bridgehead atoms. The number of ether oxygens (including phenoxy) is 2. The number of aromatic nitrogens is 1. The number of nitrogens with zero attached hydrogens (tertiary/aromatic N) is 2. The van der Waals surface area contributed by atoms with Crippen LogP contribution in [0.15, 0.2) is 42.6 Å². The molecule has 2 amide bonds. The molecule has 0 aliphatic carbocycles. The number of anilines is 2. The Morgan fingerprint density at radius 3 is 2.55 bits per heavy atom. The van der Waals surface area contributed by atoms with Crippen LogP contribution in [0.1, 0.15) is 12.8 Å². The third-order valence-electron chi connectivity index (χ3n) is 5.00. The van der Waals surface area contributed by atoms with Crippen molar-refractivity contribution in [1.29, 1.82) is 0 Å². The molecule has 1 saturated heterocycles. The summed E-state index contributed by atoms with van der Waals surface area (Å²) in [4.78, 5) is 31.0. The van der Waals surface area contributed by atoms with Crippen molar-refractivity contribution in [2.45, 2.75) is 12.8 Å². The van der Waals surface area contributed by atoms with E-state index in [1.165, 1.54) is 7.11 Å². The quantitative estimate of drug-likeness (QED) is 0.724. The molecule has 1 aromatic carbocycles. The van der Waals surface area contributed by atoms with E-state index in [4.69, 9.17) is 9.47 Å². The first-order valence-corrected chi connectivity index (χ1v) is 9.58. The number of piperidine rings is 1. The maximum absolute atomic E-state index is 12.2. The summed E-state index contributed by atoms with van der Waals surface area (Å²) in [5, 5.41) is 5.32. The Morgan fingerprint density at radius 1 is 1.10 bits per heavy atom. The van der Waals surface area contributed by atoms with E-state index in [9.17, 15) is 9.59 Å². The van der Waals surface area contributed by atoms with Crippen LogP contribution in [0.4, 0.5) is 11.5 Å². The lowest BCUT2D eigenvalue weighted by Gasteiger charge is -2.32. The number of nitrogens with one attached hydrogen (secondary N) is 2. The van der Waals surface area contributed by atoms with Crippen molar-refractivity contribution in [3.05, 3.63) is 42.6 Å². The van der Waals surface area contributed by atoms with E-state index >= 15 is 0 Å². The van der Waals surface area contributed by atoms with Crippen LogP contribution < -0.4 is 25.0 Å². The van der Waals surface area contributed by atoms with Crippen molar-refractivity contribution in [2.75, 3.05) is 44.1 Å². The van der Waals surface area contributed by atoms with Crippen LogP contribution in [-0.2, 0) is 9.59 Å². The minimum atomic E-state index is -0.723. The van der Waals surface area contributed by atoms with Gasteiger partial charge in [0.2, 0.25) is 0 Å². The Hall–Kier alpha value is -3.29. The maximum atomic E-state index is 12.2. The van der Waals surface area contributed by atoms with Gasteiger partial charge in [0.1, 0.15) is 17.3 Å². The molecule has 8 heteroatoms. The van der Waals surface area contributed by atoms with Crippen LogP contribution in [0, 0.1) is 5.92 Å². The highest BCUT2D eigenvalue weighted by Crippen LogP contribution is 2.29. The smallest absolute Gasteiger partial charge is 0.313 e. The van der Waals surface area contributed by atoms with Crippen LogP contribution in [0.2, 0.25) is 0 Å². The van der Waals surface area contributed by atoms with Gasteiger partial charge in [-0.15, -0.1) is 0 Å². The third kappa shape index (κ3) is 5.37. The average Bonchev–Trinajstić information content (AvgIpc) is 2.78. The normalized spacial score (nSPS) is 14.2. The van der Waals surface area contributed by atoms with Crippen molar-refractivity contribution in [2.24, 2.45) is 5.92 Å². The summed E-state index contributed by atoms with van der Waals surface area (Å²) in [6.45, 7) is 2.24. The van der Waals surface area contributed by atoms with E-state index in [0.717, 1.165) is 31.7 Å². The average molecular weight is 398 g/mol. The monoisotopic (exact) mass is 398 g/mol. The lowest BCUT2D eigenvalue weighted by atomic mass is 9.97. The molecule has 1 aliphatic rings. The van der Waals surface area contributed by atoms with Gasteiger partial charge in [-0.2, -0.15) is 0 Å². The second kappa shape index (κ2) is 9.77. The molecule has 0 unspecified atom stereocenters. The van der Waals surface area contributed by atoms with E-state index < -0.39 is 11.8 Å². The van der Waals surface area contributed by atoms with Gasteiger partial charge in [0.25, 0.3) is 0 Å². The molecule has 154 valence electrons. The molecule has 1 fully saturated rings. The van der Waals surface area contributed by atoms with Gasteiger partial charge in [0.15, 0.2) is 0 Å². The summed E-state index contributed by atoms with van der Waals surface area (Å²) >= 11 is 0. The lowest BCUT2D eigenvalue weighted by molar-refractivity contribution is -0.136. The molecule has 0 radical (unpaired) electrons. The number of benzene rings is 1. The Bertz CT molecular complexity index is 836. The topological polar surface area (TPSA) is 92.8 Å². The van der Waals surface area contributed by atoms with Gasteiger partial charge in [-0.1, -0.05) is 6.07 Å². The summed E-state index contributed by atoms with van der Waals surface area (Å²) in [7, 11) is 3.03. The molecule has 0 atom stereocenters. The highest BCUT2D eigenvalue weighted by atomic mass is 16.5. The van der Waals surface area contributed by atoms with Gasteiger partial charge >= 0.3 is 11.8 Å². The zero-order valence-corrected chi connectivity index (χ0v) is 16.7. The summed E-state index contributed by atoms with van der Waals surface area (Å²) < 4.78 is 10.4. The van der Waals surface area contributed by atoms with Gasteiger partial charge in [0, 0.05) is 31.9 Å². The first-order valence-electron chi connectivity index (χ1n) is 9.58. The van der Waals surface area contributed by atoms with E-state index in [0.29, 0.717) is 29.6 Å². The molecule has 2 N–H and O–H groups in total. The van der Waals surface area contributed by atoms with Crippen LogP contribution in [-0.4, -0.2) is 50.7 Å². The van der Waals surface area contributed by atoms with Gasteiger partial charge in [0.05, 0.1) is 19.9 Å². The van der Waals surface area contributed by atoms with Crippen molar-refractivity contribution in [1.82, 2.24) is 10.3 Å². The second-order valence-electron chi connectivity index (χ2n) is 6.85. The van der Waals surface area contributed by atoms with Crippen molar-refractivity contribution < 1.29 is 19.1 Å². The zero-order chi connectivity index (χ0) is 20.6. The number of methoxy groups -OCH3 is 2. The molecule has 0 saturated carbocycles. The van der Waals surface area contributed by atoms with Gasteiger partial charge in [-0.25, -0.2) is 4.98 Å². The fourth-order valence-corrected chi connectivity index (χ4v) is 3.31. The summed E-state index contributed by atoms with van der Waals surface area (Å²) in [6.07, 6.45) is 3.66. The Labute approximate surface area is 170 Å². The molecule has 2 aromatic rings. The van der Waals surface area contributed by atoms with Crippen LogP contribution >= 0.6 is 0 Å². The van der Waals surface area contributed by atoms with Crippen LogP contribution in [0.3, 0.4) is 0 Å². The standard InChI is InChI=1S/C21H26N4O4/c1-28-16-6-7-17(18(13-16)29-2)24-21(27)20(26)23-14-15-8-11-25(12-9-15)19-5-3-4-10-22-19/h3-7,10,13,15H,8-9,11-12,14H2,1-2H3,(H,23,26)(H,24,27). The Balaban J connectivity index is 1.46. The molecule has 29 heavy (non-hydrogen) atoms. The molecular formula is C21H26N4O4. The van der Waals surface area contributed by atoms with E-state index in [-0.39, 0.29) is 0 Å². The largest absolute Gasteiger partial charge is 0.497 e. The Morgan fingerprint density at radius 2 is 1.90 bits per heavy atom. The van der Waals surface area contributed by atoms with Gasteiger partial charge in [-0.3, -0.25) is 9.59 Å². The summed E-state index contributed by atoms with van der Waals surface area (Å²) in [5.74, 6) is 0.952. The second-order valence-corrected chi connectivity index (χ2v) is 6.85. The SMILES string of the molecule is COc1ccc(NC(=O)C(=O)NCC2CCN(c3ccccn3)CC2)c(OC)c1. The first-order chi connectivity index (χ1) is 14.1. The highest BCUT2D eigenvalue weighted by molar-refractivity contribution is 6.39. The van der Waals surface area contributed by atoms with Crippen LogP contribution in [0.5, 0.6) is 11.5 Å². The Kier molecular flexibility index (Phi) is 6.89. The predicted octanol–water partition coefficient (Wildman–Crippen LogP) is 2.07. The maximum Gasteiger partial charge on any atom is 0.313 e. The molecule has 1 aliphatic heterocycles. The van der Waals surface area contributed by atoms with Crippen molar-refractivity contribution in [3.63, 3.8) is 0 Å². The minimum absolute atomic E-state index is 0.335. The summed E-state index contributed by atoms with van der Waals surface area (Å²) in [5.41, 5.74) is 0.414.